The van der Waals surface area contributed by atoms with E-state index in [-0.39, 0.29) is 18.0 Å². The van der Waals surface area contributed by atoms with E-state index in [0.717, 1.165) is 17.5 Å². The fourth-order valence-corrected chi connectivity index (χ4v) is 3.13. The Bertz CT molecular complexity index is 1150. The van der Waals surface area contributed by atoms with Crippen LogP contribution in [0.4, 0.5) is 0 Å². The lowest BCUT2D eigenvalue weighted by Gasteiger charge is -2.08. The summed E-state index contributed by atoms with van der Waals surface area (Å²) in [6.07, 6.45) is 2.88. The molecule has 3 rings (SSSR count). The number of phenols is 1. The lowest BCUT2D eigenvalue weighted by molar-refractivity contribution is 0.0992. The Kier molecular flexibility index (Phi) is 5.50. The number of hydrogen-bond donors (Lipinski definition) is 1. The molecule has 0 fully saturated rings. The number of carbonyl (C=O) groups excluding carboxylic acids is 1. The highest BCUT2D eigenvalue weighted by Crippen LogP contribution is 2.26. The van der Waals surface area contributed by atoms with Crippen LogP contribution in [-0.2, 0) is 12.8 Å². The molecule has 0 bridgehead atoms. The second kappa shape index (κ2) is 7.85. The molecule has 0 radical (unpaired) electrons. The van der Waals surface area contributed by atoms with Gasteiger partial charge in [0.2, 0.25) is 0 Å². The predicted octanol–water partition coefficient (Wildman–Crippen LogP) is 5.05. The van der Waals surface area contributed by atoms with Crippen molar-refractivity contribution in [1.82, 2.24) is 0 Å². The lowest BCUT2D eigenvalue weighted by atomic mass is 9.97. The van der Waals surface area contributed by atoms with Gasteiger partial charge in [0, 0.05) is 28.5 Å². The van der Waals surface area contributed by atoms with Gasteiger partial charge in [-0.3, -0.25) is 4.79 Å². The van der Waals surface area contributed by atoms with Gasteiger partial charge in [-0.25, -0.2) is 4.79 Å². The topological polar surface area (TPSA) is 67.5 Å². The number of hydrogen-bond acceptors (Lipinski definition) is 4. The number of phenolic OH excluding ortho intramolecular Hbond substituents is 1. The summed E-state index contributed by atoms with van der Waals surface area (Å²) in [5.74, 6) is -0.0522. The molecule has 0 aliphatic rings. The maximum absolute atomic E-state index is 12.8. The normalized spacial score (nSPS) is 10.9. The fourth-order valence-electron chi connectivity index (χ4n) is 3.13. The standard InChI is InChI=1S/C24H24O4/c1-14(2)5-7-17-11-18(8-6-15(17)3)22(26)13-20-12-19-9-10-21(25)16(4)23(19)28-24(20)27/h5-6,8-12,25H,7,13H2,1-4H3. The molecule has 1 heterocycles. The van der Waals surface area contributed by atoms with Gasteiger partial charge in [-0.15, -0.1) is 0 Å². The van der Waals surface area contributed by atoms with E-state index < -0.39 is 5.63 Å². The number of fused-ring (bicyclic) bond motifs is 1. The van der Waals surface area contributed by atoms with Crippen molar-refractivity contribution in [1.29, 1.82) is 0 Å². The molecule has 3 aromatic rings. The first kappa shape index (κ1) is 19.6. The van der Waals surface area contributed by atoms with Gasteiger partial charge in [0.15, 0.2) is 5.78 Å². The average molecular weight is 376 g/mol. The number of rotatable bonds is 5. The van der Waals surface area contributed by atoms with Crippen molar-refractivity contribution in [2.45, 2.75) is 40.5 Å². The van der Waals surface area contributed by atoms with Crippen molar-refractivity contribution < 1.29 is 14.3 Å². The van der Waals surface area contributed by atoms with Crippen LogP contribution in [0, 0.1) is 13.8 Å². The second-order valence-corrected chi connectivity index (χ2v) is 7.41. The zero-order valence-corrected chi connectivity index (χ0v) is 16.6. The van der Waals surface area contributed by atoms with E-state index in [2.05, 4.69) is 6.08 Å². The Morgan fingerprint density at radius 2 is 1.82 bits per heavy atom. The molecule has 0 atom stereocenters. The van der Waals surface area contributed by atoms with Gasteiger partial charge in [-0.2, -0.15) is 0 Å². The molecule has 1 N–H and O–H groups in total. The summed E-state index contributed by atoms with van der Waals surface area (Å²) in [6, 6.07) is 10.5. The molecular weight excluding hydrogens is 352 g/mol. The van der Waals surface area contributed by atoms with Gasteiger partial charge in [0.1, 0.15) is 11.3 Å². The van der Waals surface area contributed by atoms with Gasteiger partial charge in [-0.05, 0) is 69.5 Å². The highest BCUT2D eigenvalue weighted by atomic mass is 16.4. The molecule has 2 aromatic carbocycles. The summed E-state index contributed by atoms with van der Waals surface area (Å²) in [6.45, 7) is 7.81. The van der Waals surface area contributed by atoms with Crippen LogP contribution in [0.25, 0.3) is 11.0 Å². The minimum Gasteiger partial charge on any atom is -0.508 e. The number of carbonyl (C=O) groups is 1. The fraction of sp³-hybridized carbons (Fsp3) is 0.250. The third-order valence-electron chi connectivity index (χ3n) is 4.95. The molecule has 1 aromatic heterocycles. The van der Waals surface area contributed by atoms with Crippen molar-refractivity contribution in [3.63, 3.8) is 0 Å². The monoisotopic (exact) mass is 376 g/mol. The summed E-state index contributed by atoms with van der Waals surface area (Å²) in [7, 11) is 0. The van der Waals surface area contributed by atoms with Gasteiger partial charge < -0.3 is 9.52 Å². The largest absolute Gasteiger partial charge is 0.508 e. The predicted molar refractivity (Wildman–Crippen MR) is 111 cm³/mol. The zero-order valence-electron chi connectivity index (χ0n) is 16.6. The molecule has 144 valence electrons. The summed E-state index contributed by atoms with van der Waals surface area (Å²) in [4.78, 5) is 25.1. The van der Waals surface area contributed by atoms with Crippen LogP contribution < -0.4 is 5.63 Å². The van der Waals surface area contributed by atoms with Crippen LogP contribution in [-0.4, -0.2) is 10.9 Å². The SMILES string of the molecule is CC(C)=CCc1cc(C(=O)Cc2cc3ccc(O)c(C)c3oc2=O)ccc1C. The van der Waals surface area contributed by atoms with Crippen molar-refractivity contribution in [3.8, 4) is 5.75 Å². The Morgan fingerprint density at radius 1 is 1.07 bits per heavy atom. The van der Waals surface area contributed by atoms with Gasteiger partial charge in [-0.1, -0.05) is 23.8 Å². The third-order valence-corrected chi connectivity index (χ3v) is 4.95. The summed E-state index contributed by atoms with van der Waals surface area (Å²) in [5, 5.41) is 10.5. The van der Waals surface area contributed by atoms with Gasteiger partial charge in [0.25, 0.3) is 0 Å². The first-order valence-corrected chi connectivity index (χ1v) is 9.27. The molecule has 4 nitrogen and oxygen atoms in total. The Balaban J connectivity index is 1.92. The highest BCUT2D eigenvalue weighted by Gasteiger charge is 2.15. The summed E-state index contributed by atoms with van der Waals surface area (Å²) < 4.78 is 5.37. The van der Waals surface area contributed by atoms with Crippen LogP contribution in [0.15, 0.2) is 57.3 Å². The molecule has 0 saturated carbocycles. The number of benzene rings is 2. The van der Waals surface area contributed by atoms with Gasteiger partial charge in [0.05, 0.1) is 0 Å². The highest BCUT2D eigenvalue weighted by molar-refractivity contribution is 5.98. The lowest BCUT2D eigenvalue weighted by Crippen LogP contribution is -2.13. The van der Waals surface area contributed by atoms with Crippen LogP contribution in [0.3, 0.4) is 0 Å². The van der Waals surface area contributed by atoms with E-state index in [4.69, 9.17) is 4.42 Å². The van der Waals surface area contributed by atoms with Crippen molar-refractivity contribution in [3.05, 3.63) is 86.3 Å². The minimum absolute atomic E-state index is 0.0245. The molecule has 4 heteroatoms. The van der Waals surface area contributed by atoms with Crippen LogP contribution in [0.1, 0.15) is 46.5 Å². The number of Topliss-reactive ketones (excluding diaryl/α,β-unsaturated/α-hetero) is 1. The maximum atomic E-state index is 12.8. The molecule has 0 spiro atoms. The Labute approximate surface area is 164 Å². The first-order valence-electron chi connectivity index (χ1n) is 9.27. The number of aryl methyl sites for hydroxylation is 2. The van der Waals surface area contributed by atoms with Crippen molar-refractivity contribution in [2.24, 2.45) is 0 Å². The van der Waals surface area contributed by atoms with Crippen LogP contribution in [0.2, 0.25) is 0 Å². The Morgan fingerprint density at radius 3 is 2.54 bits per heavy atom. The molecule has 0 amide bonds. The second-order valence-electron chi connectivity index (χ2n) is 7.41. The number of aromatic hydroxyl groups is 1. The maximum Gasteiger partial charge on any atom is 0.339 e. The third kappa shape index (κ3) is 4.06. The number of allylic oxidation sites excluding steroid dienone is 2. The van der Waals surface area contributed by atoms with Crippen LogP contribution >= 0.6 is 0 Å². The average Bonchev–Trinajstić information content (AvgIpc) is 2.65. The zero-order chi connectivity index (χ0) is 20.4. The van der Waals surface area contributed by atoms with Crippen molar-refractivity contribution >= 4 is 16.8 Å². The van der Waals surface area contributed by atoms with E-state index in [1.54, 1.807) is 31.2 Å². The van der Waals surface area contributed by atoms with E-state index in [1.165, 1.54) is 5.57 Å². The Hall–Kier alpha value is -3.14. The molecule has 0 aliphatic heterocycles. The summed E-state index contributed by atoms with van der Waals surface area (Å²) in [5.41, 5.74) is 4.67. The first-order chi connectivity index (χ1) is 13.3. The van der Waals surface area contributed by atoms with E-state index in [9.17, 15) is 14.7 Å². The summed E-state index contributed by atoms with van der Waals surface area (Å²) >= 11 is 0. The number of ketones is 1. The van der Waals surface area contributed by atoms with E-state index >= 15 is 0 Å². The van der Waals surface area contributed by atoms with E-state index in [0.29, 0.717) is 27.7 Å². The van der Waals surface area contributed by atoms with Crippen LogP contribution in [0.5, 0.6) is 5.75 Å². The molecule has 0 aliphatic carbocycles. The van der Waals surface area contributed by atoms with Crippen molar-refractivity contribution in [2.75, 3.05) is 0 Å². The minimum atomic E-state index is -0.550. The smallest absolute Gasteiger partial charge is 0.339 e. The van der Waals surface area contributed by atoms with E-state index in [1.807, 2.05) is 32.9 Å². The molecule has 28 heavy (non-hydrogen) atoms. The van der Waals surface area contributed by atoms with Gasteiger partial charge >= 0.3 is 5.63 Å². The molecule has 0 saturated heterocycles. The quantitative estimate of drug-likeness (QED) is 0.384. The molecule has 0 unspecified atom stereocenters. The molecular formula is C24H24O4.